The van der Waals surface area contributed by atoms with Gasteiger partial charge < -0.3 is 20.1 Å². The molecule has 4 rings (SSSR count). The minimum atomic E-state index is -0.204. The van der Waals surface area contributed by atoms with Crippen LogP contribution in [0, 0.1) is 11.3 Å². The summed E-state index contributed by atoms with van der Waals surface area (Å²) in [4.78, 5) is 24.9. The van der Waals surface area contributed by atoms with Gasteiger partial charge in [0.1, 0.15) is 25.4 Å². The fraction of sp³-hybridized carbons (Fsp3) is 0.261. The molecule has 3 aromatic rings. The van der Waals surface area contributed by atoms with Gasteiger partial charge in [0.25, 0.3) is 11.8 Å². The van der Waals surface area contributed by atoms with Crippen molar-refractivity contribution in [2.45, 2.75) is 12.8 Å². The quantitative estimate of drug-likeness (QED) is 0.523. The van der Waals surface area contributed by atoms with Crippen molar-refractivity contribution in [3.8, 4) is 29.0 Å². The zero-order valence-corrected chi connectivity index (χ0v) is 17.4. The highest BCUT2D eigenvalue weighted by Gasteiger charge is 2.16. The zero-order valence-electron chi connectivity index (χ0n) is 17.4. The van der Waals surface area contributed by atoms with E-state index >= 15 is 0 Å². The van der Waals surface area contributed by atoms with E-state index in [4.69, 9.17) is 14.7 Å². The molecule has 1 aliphatic heterocycles. The number of nitriles is 1. The number of ether oxygens (including phenoxy) is 2. The van der Waals surface area contributed by atoms with Gasteiger partial charge in [0.15, 0.2) is 5.75 Å². The Labute approximate surface area is 185 Å². The molecule has 0 atom stereocenters. The Balaban J connectivity index is 1.37. The van der Waals surface area contributed by atoms with Gasteiger partial charge in [-0.25, -0.2) is 15.0 Å². The van der Waals surface area contributed by atoms with Crippen molar-refractivity contribution < 1.29 is 14.3 Å². The Bertz CT molecular complexity index is 1130. The number of hydrogen-bond acceptors (Lipinski definition) is 8. The first kappa shape index (κ1) is 21.1. The van der Waals surface area contributed by atoms with E-state index in [2.05, 4.69) is 25.6 Å². The molecular weight excluding hydrogens is 408 g/mol. The van der Waals surface area contributed by atoms with Gasteiger partial charge in [0, 0.05) is 42.0 Å². The van der Waals surface area contributed by atoms with Crippen LogP contribution in [0.5, 0.6) is 11.6 Å². The lowest BCUT2D eigenvalue weighted by atomic mass is 10.1. The molecule has 0 saturated carbocycles. The molecule has 9 nitrogen and oxygen atoms in total. The van der Waals surface area contributed by atoms with Crippen LogP contribution in [0.1, 0.15) is 22.3 Å². The van der Waals surface area contributed by atoms with Gasteiger partial charge in [-0.2, -0.15) is 5.26 Å². The Hall–Kier alpha value is -4.19. The summed E-state index contributed by atoms with van der Waals surface area (Å²) in [6, 6.07) is 12.9. The normalized spacial score (nSPS) is 12.0. The summed E-state index contributed by atoms with van der Waals surface area (Å²) in [7, 11) is 0. The molecule has 0 spiro atoms. The number of benzene rings is 1. The lowest BCUT2D eigenvalue weighted by Crippen LogP contribution is -2.24. The van der Waals surface area contributed by atoms with Crippen LogP contribution in [0.2, 0.25) is 0 Å². The summed E-state index contributed by atoms with van der Waals surface area (Å²) in [6.45, 7) is 2.02. The number of nitrogens with zero attached hydrogens (tertiary/aromatic N) is 4. The first-order valence-electron chi connectivity index (χ1n) is 10.3. The third-order valence-electron chi connectivity index (χ3n) is 4.85. The van der Waals surface area contributed by atoms with Crippen LogP contribution in [0.15, 0.2) is 48.9 Å². The molecule has 0 aliphatic carbocycles. The summed E-state index contributed by atoms with van der Waals surface area (Å²) in [5, 5.41) is 14.6. The van der Waals surface area contributed by atoms with Crippen molar-refractivity contribution in [2.75, 3.05) is 31.6 Å². The van der Waals surface area contributed by atoms with Crippen LogP contribution in [-0.2, 0) is 6.42 Å². The predicted octanol–water partition coefficient (Wildman–Crippen LogP) is 2.61. The number of rotatable bonds is 8. The minimum Gasteiger partial charge on any atom is -0.484 e. The summed E-state index contributed by atoms with van der Waals surface area (Å²) < 4.78 is 11.2. The molecular formula is C23H22N6O3. The molecule has 162 valence electrons. The number of carbonyl (C=O) groups is 1. The number of anilines is 1. The van der Waals surface area contributed by atoms with E-state index in [9.17, 15) is 4.79 Å². The van der Waals surface area contributed by atoms with E-state index in [0.29, 0.717) is 49.3 Å². The largest absolute Gasteiger partial charge is 0.484 e. The number of amides is 1. The SMILES string of the molecule is N#CCCNC(=O)c1ccc(-c2cc(NCCc3ccnc4c3OCCO4)ncn2)cc1. The standard InChI is InChI=1S/C23H22N6O3/c24-8-1-9-26-22(30)18-4-2-16(3-5-18)19-14-20(29-15-28-19)25-10-6-17-7-11-27-23-21(17)31-12-13-32-23/h2-5,7,11,14-15H,1,6,9-10,12-13H2,(H,26,30)(H,25,28,29). The Morgan fingerprint density at radius 3 is 2.75 bits per heavy atom. The van der Waals surface area contributed by atoms with Crippen molar-refractivity contribution in [1.82, 2.24) is 20.3 Å². The lowest BCUT2D eigenvalue weighted by molar-refractivity contribution is 0.0954. The van der Waals surface area contributed by atoms with Crippen molar-refractivity contribution in [3.05, 3.63) is 60.0 Å². The molecule has 1 amide bonds. The van der Waals surface area contributed by atoms with Crippen LogP contribution in [0.4, 0.5) is 5.82 Å². The van der Waals surface area contributed by atoms with Crippen LogP contribution >= 0.6 is 0 Å². The summed E-state index contributed by atoms with van der Waals surface area (Å²) in [5.74, 6) is 1.75. The number of fused-ring (bicyclic) bond motifs is 1. The lowest BCUT2D eigenvalue weighted by Gasteiger charge is -2.19. The zero-order chi connectivity index (χ0) is 22.2. The molecule has 0 radical (unpaired) electrons. The van der Waals surface area contributed by atoms with Crippen molar-refractivity contribution >= 4 is 11.7 Å². The van der Waals surface area contributed by atoms with Crippen molar-refractivity contribution in [3.63, 3.8) is 0 Å². The number of pyridine rings is 1. The molecule has 3 heterocycles. The van der Waals surface area contributed by atoms with E-state index in [1.807, 2.05) is 30.3 Å². The molecule has 0 saturated heterocycles. The summed E-state index contributed by atoms with van der Waals surface area (Å²) in [6.07, 6.45) is 4.23. The monoisotopic (exact) mass is 430 g/mol. The molecule has 0 bridgehead atoms. The summed E-state index contributed by atoms with van der Waals surface area (Å²) in [5.41, 5.74) is 3.18. The summed E-state index contributed by atoms with van der Waals surface area (Å²) >= 11 is 0. The van der Waals surface area contributed by atoms with Crippen molar-refractivity contribution in [2.24, 2.45) is 0 Å². The van der Waals surface area contributed by atoms with Crippen LogP contribution < -0.4 is 20.1 Å². The van der Waals surface area contributed by atoms with E-state index < -0.39 is 0 Å². The van der Waals surface area contributed by atoms with Crippen LogP contribution in [-0.4, -0.2) is 47.2 Å². The van der Waals surface area contributed by atoms with E-state index in [1.54, 1.807) is 18.3 Å². The Morgan fingerprint density at radius 2 is 1.91 bits per heavy atom. The van der Waals surface area contributed by atoms with Gasteiger partial charge in [-0.3, -0.25) is 4.79 Å². The van der Waals surface area contributed by atoms with Crippen LogP contribution in [0.3, 0.4) is 0 Å². The third kappa shape index (κ3) is 5.10. The Morgan fingerprint density at radius 1 is 1.06 bits per heavy atom. The second-order valence-corrected chi connectivity index (χ2v) is 7.01. The smallest absolute Gasteiger partial charge is 0.257 e. The van der Waals surface area contributed by atoms with Crippen molar-refractivity contribution in [1.29, 1.82) is 5.26 Å². The Kier molecular flexibility index (Phi) is 6.72. The minimum absolute atomic E-state index is 0.204. The number of carbonyl (C=O) groups excluding carboxylic acids is 1. The first-order chi connectivity index (χ1) is 15.7. The molecule has 1 aliphatic rings. The van der Waals surface area contributed by atoms with Gasteiger partial charge in [-0.15, -0.1) is 0 Å². The first-order valence-corrected chi connectivity index (χ1v) is 10.3. The van der Waals surface area contributed by atoms with E-state index in [-0.39, 0.29) is 12.3 Å². The fourth-order valence-corrected chi connectivity index (χ4v) is 3.27. The van der Waals surface area contributed by atoms with Gasteiger partial charge >= 0.3 is 0 Å². The third-order valence-corrected chi connectivity index (χ3v) is 4.85. The van der Waals surface area contributed by atoms with E-state index in [0.717, 1.165) is 23.2 Å². The van der Waals surface area contributed by atoms with Gasteiger partial charge in [-0.05, 0) is 24.6 Å². The molecule has 32 heavy (non-hydrogen) atoms. The molecule has 2 N–H and O–H groups in total. The van der Waals surface area contributed by atoms with Gasteiger partial charge in [0.05, 0.1) is 18.2 Å². The van der Waals surface area contributed by atoms with Crippen LogP contribution in [0.25, 0.3) is 11.3 Å². The number of hydrogen-bond donors (Lipinski definition) is 2. The average molecular weight is 430 g/mol. The predicted molar refractivity (Wildman–Crippen MR) is 117 cm³/mol. The highest BCUT2D eigenvalue weighted by atomic mass is 16.6. The highest BCUT2D eigenvalue weighted by Crippen LogP contribution is 2.31. The second-order valence-electron chi connectivity index (χ2n) is 7.01. The number of nitrogens with one attached hydrogen (secondary N) is 2. The van der Waals surface area contributed by atoms with Gasteiger partial charge in [-0.1, -0.05) is 12.1 Å². The average Bonchev–Trinajstić information content (AvgIpc) is 2.84. The highest BCUT2D eigenvalue weighted by molar-refractivity contribution is 5.94. The maximum Gasteiger partial charge on any atom is 0.257 e. The van der Waals surface area contributed by atoms with E-state index in [1.165, 1.54) is 6.33 Å². The number of aromatic nitrogens is 3. The molecule has 0 fully saturated rings. The molecule has 1 aromatic carbocycles. The van der Waals surface area contributed by atoms with Gasteiger partial charge in [0.2, 0.25) is 0 Å². The fourth-order valence-electron chi connectivity index (χ4n) is 3.27. The molecule has 0 unspecified atom stereocenters. The second kappa shape index (κ2) is 10.2. The molecule has 9 heteroatoms. The maximum absolute atomic E-state index is 12.1. The topological polar surface area (TPSA) is 122 Å². The molecule has 2 aromatic heterocycles. The maximum atomic E-state index is 12.1.